The first kappa shape index (κ1) is 27.6. The monoisotopic (exact) mass is 583 g/mol. The Hall–Kier alpha value is -3.48. The molecule has 0 spiro atoms. The Kier molecular flexibility index (Phi) is 8.97. The maximum Gasteiger partial charge on any atom is 0.254 e. The Labute approximate surface area is 238 Å². The van der Waals surface area contributed by atoms with E-state index in [9.17, 15) is 14.9 Å². The molecule has 1 aliphatic rings. The van der Waals surface area contributed by atoms with Crippen LogP contribution < -0.4 is 16.0 Å². The van der Waals surface area contributed by atoms with Gasteiger partial charge in [0.2, 0.25) is 5.91 Å². The standard InChI is InChI=1S/C27H20Cl3N5O2S/c1-15-24(26(37)35-18-4-2-17(28)3-5-18)25(16-8-10-32-11-9-16)20(13-31)27(33-15)38-14-23(36)34-19-6-7-21(29)22(30)12-19/h2-12,25,33H,14H2,1H3,(H,34,36)(H,35,37)/t25-/m0/s1. The van der Waals surface area contributed by atoms with Crippen molar-refractivity contribution in [2.45, 2.75) is 12.8 Å². The van der Waals surface area contributed by atoms with Crippen LogP contribution in [0.15, 0.2) is 88.9 Å². The van der Waals surface area contributed by atoms with Gasteiger partial charge in [-0.3, -0.25) is 14.6 Å². The van der Waals surface area contributed by atoms with E-state index in [2.05, 4.69) is 27.0 Å². The average molecular weight is 585 g/mol. The van der Waals surface area contributed by atoms with E-state index in [1.165, 1.54) is 11.8 Å². The summed E-state index contributed by atoms with van der Waals surface area (Å²) in [5, 5.41) is 20.7. The van der Waals surface area contributed by atoms with Gasteiger partial charge < -0.3 is 16.0 Å². The zero-order chi connectivity index (χ0) is 27.2. The third kappa shape index (κ3) is 6.50. The number of allylic oxidation sites excluding steroid dienone is 2. The minimum absolute atomic E-state index is 0.0103. The number of carbonyl (C=O) groups is 2. The predicted molar refractivity (Wildman–Crippen MR) is 153 cm³/mol. The lowest BCUT2D eigenvalue weighted by atomic mass is 9.82. The molecule has 0 radical (unpaired) electrons. The summed E-state index contributed by atoms with van der Waals surface area (Å²) in [5.41, 5.74) is 3.04. The maximum atomic E-state index is 13.5. The van der Waals surface area contributed by atoms with Crippen molar-refractivity contribution in [3.05, 3.63) is 109 Å². The van der Waals surface area contributed by atoms with Crippen LogP contribution >= 0.6 is 46.6 Å². The Balaban J connectivity index is 1.59. The number of thioether (sulfide) groups is 1. The second kappa shape index (κ2) is 12.4. The second-order valence-corrected chi connectivity index (χ2v) is 10.4. The first-order chi connectivity index (χ1) is 18.3. The summed E-state index contributed by atoms with van der Waals surface area (Å²) >= 11 is 19.1. The number of halogens is 3. The summed E-state index contributed by atoms with van der Waals surface area (Å²) in [6, 6.07) is 17.3. The SMILES string of the molecule is CC1=C(C(=O)Nc2ccc(Cl)cc2)[C@@H](c2ccncc2)C(C#N)=C(SCC(=O)Nc2ccc(Cl)c(Cl)c2)N1. The number of dihydropyridines is 1. The van der Waals surface area contributed by atoms with Crippen molar-refractivity contribution < 1.29 is 9.59 Å². The summed E-state index contributed by atoms with van der Waals surface area (Å²) in [7, 11) is 0. The van der Waals surface area contributed by atoms with Crippen LogP contribution in [0.1, 0.15) is 18.4 Å². The van der Waals surface area contributed by atoms with Crippen molar-refractivity contribution in [3.63, 3.8) is 0 Å². The molecule has 0 fully saturated rings. The number of aromatic nitrogens is 1. The fourth-order valence-corrected chi connectivity index (χ4v) is 5.17. The minimum Gasteiger partial charge on any atom is -0.353 e. The first-order valence-corrected chi connectivity index (χ1v) is 13.4. The Morgan fingerprint density at radius 3 is 2.34 bits per heavy atom. The number of nitriles is 1. The fourth-order valence-electron chi connectivity index (χ4n) is 3.86. The van der Waals surface area contributed by atoms with Crippen LogP contribution in [-0.4, -0.2) is 22.6 Å². The molecule has 0 unspecified atom stereocenters. The van der Waals surface area contributed by atoms with Crippen molar-refractivity contribution >= 4 is 69.8 Å². The number of anilines is 2. The quantitative estimate of drug-likeness (QED) is 0.284. The molecule has 3 N–H and O–H groups in total. The van der Waals surface area contributed by atoms with E-state index in [0.717, 1.165) is 5.56 Å². The van der Waals surface area contributed by atoms with E-state index < -0.39 is 5.92 Å². The van der Waals surface area contributed by atoms with Crippen LogP contribution in [0.25, 0.3) is 0 Å². The van der Waals surface area contributed by atoms with E-state index in [1.54, 1.807) is 73.9 Å². The van der Waals surface area contributed by atoms with Gasteiger partial charge in [0.25, 0.3) is 5.91 Å². The van der Waals surface area contributed by atoms with Crippen LogP contribution in [0.5, 0.6) is 0 Å². The molecule has 2 amide bonds. The largest absolute Gasteiger partial charge is 0.353 e. The molecule has 3 aromatic rings. The number of hydrogen-bond donors (Lipinski definition) is 3. The third-order valence-electron chi connectivity index (χ3n) is 5.58. The summed E-state index contributed by atoms with van der Waals surface area (Å²) in [6.07, 6.45) is 3.21. The van der Waals surface area contributed by atoms with Gasteiger partial charge >= 0.3 is 0 Å². The molecule has 1 aromatic heterocycles. The van der Waals surface area contributed by atoms with Crippen LogP contribution in [0, 0.1) is 11.3 Å². The molecule has 1 atom stereocenters. The molecule has 0 saturated carbocycles. The molecule has 0 saturated heterocycles. The third-order valence-corrected chi connectivity index (χ3v) is 7.59. The van der Waals surface area contributed by atoms with Gasteiger partial charge in [-0.1, -0.05) is 46.6 Å². The fraction of sp³-hybridized carbons (Fsp3) is 0.111. The Morgan fingerprint density at radius 2 is 1.68 bits per heavy atom. The normalized spacial score (nSPS) is 15.0. The Bertz CT molecular complexity index is 1480. The van der Waals surface area contributed by atoms with Crippen molar-refractivity contribution in [2.24, 2.45) is 0 Å². The number of benzene rings is 2. The highest BCUT2D eigenvalue weighted by atomic mass is 35.5. The molecule has 0 aliphatic carbocycles. The van der Waals surface area contributed by atoms with Gasteiger partial charge in [0, 0.05) is 40.1 Å². The molecule has 11 heteroatoms. The van der Waals surface area contributed by atoms with E-state index in [1.807, 2.05) is 0 Å². The second-order valence-electron chi connectivity index (χ2n) is 8.16. The molecular weight excluding hydrogens is 565 g/mol. The number of amides is 2. The van der Waals surface area contributed by atoms with E-state index in [0.29, 0.717) is 48.3 Å². The molecule has 2 aromatic carbocycles. The van der Waals surface area contributed by atoms with Gasteiger partial charge in [0.15, 0.2) is 0 Å². The number of carbonyl (C=O) groups excluding carboxylic acids is 2. The molecule has 4 rings (SSSR count). The topological polar surface area (TPSA) is 107 Å². The van der Waals surface area contributed by atoms with Crippen molar-refractivity contribution in [2.75, 3.05) is 16.4 Å². The number of hydrogen-bond acceptors (Lipinski definition) is 6. The molecular formula is C27H20Cl3N5O2S. The molecule has 1 aliphatic heterocycles. The smallest absolute Gasteiger partial charge is 0.254 e. The summed E-state index contributed by atoms with van der Waals surface area (Å²) in [4.78, 5) is 30.2. The van der Waals surface area contributed by atoms with Crippen molar-refractivity contribution in [3.8, 4) is 6.07 Å². The van der Waals surface area contributed by atoms with Gasteiger partial charge in [0.1, 0.15) is 0 Å². The lowest BCUT2D eigenvalue weighted by Crippen LogP contribution is -2.31. The minimum atomic E-state index is -0.669. The number of pyridine rings is 1. The summed E-state index contributed by atoms with van der Waals surface area (Å²) in [5.74, 6) is -1.32. The van der Waals surface area contributed by atoms with Crippen LogP contribution in [0.2, 0.25) is 15.1 Å². The Morgan fingerprint density at radius 1 is 1.00 bits per heavy atom. The number of rotatable bonds is 7. The van der Waals surface area contributed by atoms with E-state index in [4.69, 9.17) is 34.8 Å². The van der Waals surface area contributed by atoms with Gasteiger partial charge in [-0.05, 0) is 67.1 Å². The number of nitrogens with zero attached hydrogens (tertiary/aromatic N) is 2. The lowest BCUT2D eigenvalue weighted by molar-refractivity contribution is -0.114. The first-order valence-electron chi connectivity index (χ1n) is 11.2. The molecule has 2 heterocycles. The highest BCUT2D eigenvalue weighted by Gasteiger charge is 2.35. The molecule has 0 bridgehead atoms. The van der Waals surface area contributed by atoms with Crippen molar-refractivity contribution in [1.82, 2.24) is 10.3 Å². The number of nitrogens with one attached hydrogen (secondary N) is 3. The van der Waals surface area contributed by atoms with Gasteiger partial charge in [-0.2, -0.15) is 5.26 Å². The summed E-state index contributed by atoms with van der Waals surface area (Å²) in [6.45, 7) is 1.76. The zero-order valence-corrected chi connectivity index (χ0v) is 23.0. The maximum absolute atomic E-state index is 13.5. The van der Waals surface area contributed by atoms with Crippen molar-refractivity contribution in [1.29, 1.82) is 5.26 Å². The molecule has 38 heavy (non-hydrogen) atoms. The van der Waals surface area contributed by atoms with E-state index >= 15 is 0 Å². The zero-order valence-electron chi connectivity index (χ0n) is 19.9. The van der Waals surface area contributed by atoms with Gasteiger partial charge in [-0.15, -0.1) is 0 Å². The highest BCUT2D eigenvalue weighted by molar-refractivity contribution is 8.03. The summed E-state index contributed by atoms with van der Waals surface area (Å²) < 4.78 is 0. The molecule has 7 nitrogen and oxygen atoms in total. The van der Waals surface area contributed by atoms with Crippen LogP contribution in [0.3, 0.4) is 0 Å². The van der Waals surface area contributed by atoms with Crippen LogP contribution in [-0.2, 0) is 9.59 Å². The van der Waals surface area contributed by atoms with Gasteiger partial charge in [0.05, 0.1) is 38.4 Å². The lowest BCUT2D eigenvalue weighted by Gasteiger charge is -2.29. The average Bonchev–Trinajstić information content (AvgIpc) is 2.90. The highest BCUT2D eigenvalue weighted by Crippen LogP contribution is 2.41. The van der Waals surface area contributed by atoms with E-state index in [-0.39, 0.29) is 17.6 Å². The molecule has 192 valence electrons. The van der Waals surface area contributed by atoms with Gasteiger partial charge in [-0.25, -0.2) is 0 Å². The predicted octanol–water partition coefficient (Wildman–Crippen LogP) is 6.75. The van der Waals surface area contributed by atoms with Crippen LogP contribution in [0.4, 0.5) is 11.4 Å².